The van der Waals surface area contributed by atoms with Crippen molar-refractivity contribution in [2.75, 3.05) is 25.0 Å². The molecule has 19 heavy (non-hydrogen) atoms. The molecule has 2 heterocycles. The second-order valence-corrected chi connectivity index (χ2v) is 5.46. The van der Waals surface area contributed by atoms with E-state index in [1.54, 1.807) is 0 Å². The van der Waals surface area contributed by atoms with Gasteiger partial charge in [0.1, 0.15) is 0 Å². The van der Waals surface area contributed by atoms with Gasteiger partial charge in [-0.1, -0.05) is 11.6 Å². The van der Waals surface area contributed by atoms with Gasteiger partial charge in [0.25, 0.3) is 0 Å². The van der Waals surface area contributed by atoms with Gasteiger partial charge < -0.3 is 10.4 Å². The maximum absolute atomic E-state index is 9.44. The summed E-state index contributed by atoms with van der Waals surface area (Å²) in [5, 5.41) is 20.9. The Hall–Kier alpha value is -0.980. The summed E-state index contributed by atoms with van der Waals surface area (Å²) >= 11 is 5.80. The zero-order valence-corrected chi connectivity index (χ0v) is 12.1. The number of rotatable bonds is 4. The Bertz CT molecular complexity index is 429. The number of anilines is 1. The highest BCUT2D eigenvalue weighted by Gasteiger charge is 2.21. The molecule has 0 saturated carbocycles. The van der Waals surface area contributed by atoms with Gasteiger partial charge in [0, 0.05) is 19.1 Å². The average Bonchev–Trinajstić information content (AvgIpc) is 2.33. The molecule has 2 N–H and O–H groups in total. The summed E-state index contributed by atoms with van der Waals surface area (Å²) in [5.41, 5.74) is 0.677. The molecule has 0 aliphatic carbocycles. The molecule has 0 radical (unpaired) electrons. The Morgan fingerprint density at radius 3 is 3.00 bits per heavy atom. The van der Waals surface area contributed by atoms with E-state index in [0.29, 0.717) is 23.3 Å². The number of aryl methyl sites for hydroxylation is 1. The standard InChI is InChI=1S/C12H20ClN5O/c1-8(19)6-18-5-3-4-10(7-18)15-12-14-9(2)11(13)16-17-12/h8,10,19H,3-7H2,1-2H3,(H,14,15,17)/t8?,10-/m1/s1. The van der Waals surface area contributed by atoms with Crippen molar-refractivity contribution in [1.82, 2.24) is 20.1 Å². The predicted molar refractivity (Wildman–Crippen MR) is 74.3 cm³/mol. The van der Waals surface area contributed by atoms with Crippen molar-refractivity contribution in [2.24, 2.45) is 0 Å². The number of nitrogens with one attached hydrogen (secondary N) is 1. The van der Waals surface area contributed by atoms with Crippen molar-refractivity contribution in [2.45, 2.75) is 38.8 Å². The van der Waals surface area contributed by atoms with Crippen LogP contribution in [0.25, 0.3) is 0 Å². The van der Waals surface area contributed by atoms with Crippen LogP contribution in [0.3, 0.4) is 0 Å². The van der Waals surface area contributed by atoms with E-state index in [-0.39, 0.29) is 12.1 Å². The van der Waals surface area contributed by atoms with Gasteiger partial charge in [0.2, 0.25) is 5.95 Å². The van der Waals surface area contributed by atoms with Crippen molar-refractivity contribution in [3.8, 4) is 0 Å². The number of hydrogen-bond donors (Lipinski definition) is 2. The summed E-state index contributed by atoms with van der Waals surface area (Å²) in [6.07, 6.45) is 1.88. The van der Waals surface area contributed by atoms with Gasteiger partial charge in [-0.3, -0.25) is 4.90 Å². The zero-order valence-electron chi connectivity index (χ0n) is 11.3. The number of halogens is 1. The van der Waals surface area contributed by atoms with Crippen LogP contribution in [0.4, 0.5) is 5.95 Å². The van der Waals surface area contributed by atoms with E-state index in [2.05, 4.69) is 25.4 Å². The predicted octanol–water partition coefficient (Wildman–Crippen LogP) is 1.09. The minimum Gasteiger partial charge on any atom is -0.392 e. The van der Waals surface area contributed by atoms with E-state index in [1.165, 1.54) is 0 Å². The number of aliphatic hydroxyl groups is 1. The molecule has 1 saturated heterocycles. The monoisotopic (exact) mass is 285 g/mol. The van der Waals surface area contributed by atoms with Gasteiger partial charge in [-0.15, -0.1) is 10.2 Å². The fraction of sp³-hybridized carbons (Fsp3) is 0.750. The van der Waals surface area contributed by atoms with E-state index in [1.807, 2.05) is 13.8 Å². The largest absolute Gasteiger partial charge is 0.392 e. The maximum atomic E-state index is 9.44. The molecule has 0 spiro atoms. The fourth-order valence-corrected chi connectivity index (χ4v) is 2.43. The van der Waals surface area contributed by atoms with Crippen LogP contribution in [0.15, 0.2) is 0 Å². The summed E-state index contributed by atoms with van der Waals surface area (Å²) in [6, 6.07) is 0.287. The SMILES string of the molecule is Cc1nc(N[C@@H]2CCCN(CC(C)O)C2)nnc1Cl. The lowest BCUT2D eigenvalue weighted by Crippen LogP contribution is -2.44. The molecule has 106 valence electrons. The maximum Gasteiger partial charge on any atom is 0.243 e. The molecule has 1 unspecified atom stereocenters. The highest BCUT2D eigenvalue weighted by Crippen LogP contribution is 2.15. The molecule has 1 aromatic heterocycles. The van der Waals surface area contributed by atoms with E-state index in [0.717, 1.165) is 25.9 Å². The smallest absolute Gasteiger partial charge is 0.243 e. The minimum atomic E-state index is -0.297. The number of hydrogen-bond acceptors (Lipinski definition) is 6. The highest BCUT2D eigenvalue weighted by atomic mass is 35.5. The molecule has 0 amide bonds. The molecule has 1 aromatic rings. The van der Waals surface area contributed by atoms with Gasteiger partial charge in [-0.25, -0.2) is 4.98 Å². The van der Waals surface area contributed by atoms with Gasteiger partial charge in [-0.2, -0.15) is 0 Å². The van der Waals surface area contributed by atoms with Gasteiger partial charge in [-0.05, 0) is 33.2 Å². The fourth-order valence-electron chi connectivity index (χ4n) is 2.35. The number of β-amino-alcohol motifs (C(OH)–C–C–N with tert-alkyl or cyclic N) is 1. The second kappa shape index (κ2) is 6.45. The first-order chi connectivity index (χ1) is 9.04. The highest BCUT2D eigenvalue weighted by molar-refractivity contribution is 6.29. The Morgan fingerprint density at radius 1 is 1.53 bits per heavy atom. The summed E-state index contributed by atoms with van der Waals surface area (Å²) in [6.45, 7) is 6.24. The topological polar surface area (TPSA) is 74.2 Å². The quantitative estimate of drug-likeness (QED) is 0.863. The third kappa shape index (κ3) is 4.26. The number of aliphatic hydroxyl groups excluding tert-OH is 1. The molecule has 6 nitrogen and oxygen atoms in total. The molecular weight excluding hydrogens is 266 g/mol. The number of nitrogens with zero attached hydrogens (tertiary/aromatic N) is 4. The summed E-state index contributed by atoms with van der Waals surface area (Å²) in [4.78, 5) is 6.52. The molecular formula is C12H20ClN5O. The van der Waals surface area contributed by atoms with Gasteiger partial charge in [0.05, 0.1) is 11.8 Å². The molecule has 1 aliphatic heterocycles. The lowest BCUT2D eigenvalue weighted by atomic mass is 10.1. The van der Waals surface area contributed by atoms with Crippen LogP contribution < -0.4 is 5.32 Å². The second-order valence-electron chi connectivity index (χ2n) is 5.10. The van der Waals surface area contributed by atoms with Crippen LogP contribution in [-0.4, -0.2) is 57.0 Å². The summed E-state index contributed by atoms with van der Waals surface area (Å²) < 4.78 is 0. The number of likely N-dealkylation sites (tertiary alicyclic amines) is 1. The van der Waals surface area contributed by atoms with Crippen LogP contribution in [0.2, 0.25) is 5.15 Å². The summed E-state index contributed by atoms with van der Waals surface area (Å²) in [5.74, 6) is 0.519. The first kappa shape index (κ1) is 14.4. The Balaban J connectivity index is 1.92. The molecule has 7 heteroatoms. The molecule has 0 aromatic carbocycles. The van der Waals surface area contributed by atoms with Crippen molar-refractivity contribution < 1.29 is 5.11 Å². The minimum absolute atomic E-state index is 0.287. The van der Waals surface area contributed by atoms with Crippen LogP contribution >= 0.6 is 11.6 Å². The molecule has 1 fully saturated rings. The van der Waals surface area contributed by atoms with Crippen molar-refractivity contribution >= 4 is 17.5 Å². The average molecular weight is 286 g/mol. The van der Waals surface area contributed by atoms with Crippen LogP contribution in [0.5, 0.6) is 0 Å². The van der Waals surface area contributed by atoms with Crippen molar-refractivity contribution in [1.29, 1.82) is 0 Å². The third-order valence-electron chi connectivity index (χ3n) is 3.17. The Kier molecular flexibility index (Phi) is 4.90. The van der Waals surface area contributed by atoms with E-state index in [4.69, 9.17) is 11.6 Å². The molecule has 2 atom stereocenters. The zero-order chi connectivity index (χ0) is 13.8. The number of aromatic nitrogens is 3. The van der Waals surface area contributed by atoms with E-state index in [9.17, 15) is 5.11 Å². The Labute approximate surface area is 118 Å². The number of piperidine rings is 1. The van der Waals surface area contributed by atoms with Crippen molar-refractivity contribution in [3.05, 3.63) is 10.8 Å². The lowest BCUT2D eigenvalue weighted by molar-refractivity contribution is 0.110. The van der Waals surface area contributed by atoms with Crippen LogP contribution in [-0.2, 0) is 0 Å². The van der Waals surface area contributed by atoms with E-state index < -0.39 is 0 Å². The first-order valence-electron chi connectivity index (χ1n) is 6.58. The van der Waals surface area contributed by atoms with Gasteiger partial charge in [0.15, 0.2) is 5.15 Å². The lowest BCUT2D eigenvalue weighted by Gasteiger charge is -2.33. The summed E-state index contributed by atoms with van der Waals surface area (Å²) in [7, 11) is 0. The van der Waals surface area contributed by atoms with E-state index >= 15 is 0 Å². The normalized spacial score (nSPS) is 22.2. The van der Waals surface area contributed by atoms with Crippen LogP contribution in [0.1, 0.15) is 25.5 Å². The Morgan fingerprint density at radius 2 is 2.32 bits per heavy atom. The first-order valence-corrected chi connectivity index (χ1v) is 6.96. The molecule has 2 rings (SSSR count). The van der Waals surface area contributed by atoms with Crippen LogP contribution in [0, 0.1) is 6.92 Å². The van der Waals surface area contributed by atoms with Crippen molar-refractivity contribution in [3.63, 3.8) is 0 Å². The molecule has 0 bridgehead atoms. The van der Waals surface area contributed by atoms with Gasteiger partial charge >= 0.3 is 0 Å². The molecule has 1 aliphatic rings. The third-order valence-corrected chi connectivity index (χ3v) is 3.51.